The number of hydrogen-bond donors (Lipinski definition) is 2. The molecule has 0 aliphatic heterocycles. The highest BCUT2D eigenvalue weighted by Crippen LogP contribution is 2.38. The third kappa shape index (κ3) is 3.33. The molecule has 3 aromatic rings. The van der Waals surface area contributed by atoms with E-state index in [0.29, 0.717) is 23.1 Å². The number of carboxylic acid groups (broad SMARTS) is 1. The number of rotatable bonds is 4. The normalized spacial score (nSPS) is 10.5. The monoisotopic (exact) mass is 345 g/mol. The summed E-state index contributed by atoms with van der Waals surface area (Å²) < 4.78 is 10.1. The van der Waals surface area contributed by atoms with E-state index < -0.39 is 17.8 Å². The maximum absolute atomic E-state index is 10.6. The third-order valence-electron chi connectivity index (χ3n) is 3.30. The van der Waals surface area contributed by atoms with Crippen LogP contribution in [0.4, 0.5) is 4.79 Å². The SMILES string of the molecule is O=C(O)Oc1nc(Cl)c2cc(OCc3ccccc3)ccc2c1O. The van der Waals surface area contributed by atoms with Gasteiger partial charge < -0.3 is 19.7 Å². The van der Waals surface area contributed by atoms with Crippen molar-refractivity contribution in [1.29, 1.82) is 0 Å². The number of aromatic hydroxyl groups is 1. The molecule has 0 spiro atoms. The molecule has 0 bridgehead atoms. The highest BCUT2D eigenvalue weighted by atomic mass is 35.5. The Morgan fingerprint density at radius 1 is 1.12 bits per heavy atom. The highest BCUT2D eigenvalue weighted by Gasteiger charge is 2.16. The molecule has 7 heteroatoms. The van der Waals surface area contributed by atoms with E-state index in [1.807, 2.05) is 30.3 Å². The summed E-state index contributed by atoms with van der Waals surface area (Å²) in [5.74, 6) is -0.314. The van der Waals surface area contributed by atoms with E-state index in [9.17, 15) is 9.90 Å². The van der Waals surface area contributed by atoms with Crippen LogP contribution in [0, 0.1) is 0 Å². The molecule has 1 heterocycles. The van der Waals surface area contributed by atoms with Crippen molar-refractivity contribution in [2.75, 3.05) is 0 Å². The van der Waals surface area contributed by atoms with E-state index in [1.54, 1.807) is 18.2 Å². The van der Waals surface area contributed by atoms with Crippen molar-refractivity contribution < 1.29 is 24.5 Å². The van der Waals surface area contributed by atoms with Crippen molar-refractivity contribution >= 4 is 28.5 Å². The first-order valence-corrected chi connectivity index (χ1v) is 7.32. The van der Waals surface area contributed by atoms with Gasteiger partial charge in [0.25, 0.3) is 5.88 Å². The van der Waals surface area contributed by atoms with Crippen molar-refractivity contribution in [1.82, 2.24) is 4.98 Å². The zero-order valence-electron chi connectivity index (χ0n) is 12.3. The summed E-state index contributed by atoms with van der Waals surface area (Å²) in [4.78, 5) is 14.4. The smallest absolute Gasteiger partial charge is 0.503 e. The van der Waals surface area contributed by atoms with Crippen LogP contribution in [0.2, 0.25) is 5.15 Å². The second kappa shape index (κ2) is 6.64. The van der Waals surface area contributed by atoms with Crippen molar-refractivity contribution in [3.8, 4) is 17.4 Å². The molecule has 0 unspecified atom stereocenters. The molecule has 0 aliphatic rings. The van der Waals surface area contributed by atoms with Gasteiger partial charge >= 0.3 is 6.16 Å². The summed E-state index contributed by atoms with van der Waals surface area (Å²) in [6, 6.07) is 14.5. The highest BCUT2D eigenvalue weighted by molar-refractivity contribution is 6.34. The summed E-state index contributed by atoms with van der Waals surface area (Å²) in [7, 11) is 0. The van der Waals surface area contributed by atoms with Gasteiger partial charge in [-0.1, -0.05) is 41.9 Å². The number of ether oxygens (including phenoxy) is 2. The first-order valence-electron chi connectivity index (χ1n) is 6.94. The number of nitrogens with zero attached hydrogens (tertiary/aromatic N) is 1. The van der Waals surface area contributed by atoms with E-state index in [1.165, 1.54) is 0 Å². The lowest BCUT2D eigenvalue weighted by Gasteiger charge is -2.10. The van der Waals surface area contributed by atoms with E-state index in [-0.39, 0.29) is 5.15 Å². The van der Waals surface area contributed by atoms with Crippen LogP contribution in [0.1, 0.15) is 5.56 Å². The lowest BCUT2D eigenvalue weighted by Crippen LogP contribution is -2.05. The molecule has 0 radical (unpaired) electrons. The molecule has 0 saturated carbocycles. The molecule has 1 aromatic heterocycles. The van der Waals surface area contributed by atoms with Gasteiger partial charge in [-0.3, -0.25) is 0 Å². The summed E-state index contributed by atoms with van der Waals surface area (Å²) in [5.41, 5.74) is 1.01. The van der Waals surface area contributed by atoms with Crippen molar-refractivity contribution in [3.63, 3.8) is 0 Å². The number of hydrogen-bond acceptors (Lipinski definition) is 5. The summed E-state index contributed by atoms with van der Waals surface area (Å²) in [6.07, 6.45) is -1.59. The number of fused-ring (bicyclic) bond motifs is 1. The van der Waals surface area contributed by atoms with Gasteiger partial charge in [-0.05, 0) is 23.8 Å². The Kier molecular flexibility index (Phi) is 4.39. The molecular weight excluding hydrogens is 334 g/mol. The molecule has 0 atom stereocenters. The Morgan fingerprint density at radius 2 is 1.88 bits per heavy atom. The third-order valence-corrected chi connectivity index (χ3v) is 3.59. The maximum atomic E-state index is 10.6. The lowest BCUT2D eigenvalue weighted by molar-refractivity contribution is 0.141. The zero-order valence-corrected chi connectivity index (χ0v) is 13.0. The predicted octanol–water partition coefficient (Wildman–Crippen LogP) is 4.23. The van der Waals surface area contributed by atoms with Crippen LogP contribution in [-0.2, 0) is 6.61 Å². The number of pyridine rings is 1. The van der Waals surface area contributed by atoms with Crippen molar-refractivity contribution in [3.05, 3.63) is 59.2 Å². The van der Waals surface area contributed by atoms with Gasteiger partial charge in [-0.25, -0.2) is 4.79 Å². The molecule has 0 fully saturated rings. The van der Waals surface area contributed by atoms with E-state index in [2.05, 4.69) is 9.72 Å². The lowest BCUT2D eigenvalue weighted by atomic mass is 10.1. The van der Waals surface area contributed by atoms with Crippen molar-refractivity contribution in [2.45, 2.75) is 6.61 Å². The topological polar surface area (TPSA) is 88.9 Å². The van der Waals surface area contributed by atoms with Crippen LogP contribution in [0.5, 0.6) is 17.4 Å². The average molecular weight is 346 g/mol. The molecular formula is C17H12ClNO5. The standard InChI is InChI=1S/C17H12ClNO5/c18-15-13-8-11(23-9-10-4-2-1-3-5-10)6-7-12(13)14(20)16(19-15)24-17(21)22/h1-8,20H,9H2,(H,21,22). The number of carbonyl (C=O) groups is 1. The Balaban J connectivity index is 1.91. The van der Waals surface area contributed by atoms with Gasteiger partial charge in [0.1, 0.15) is 17.5 Å². The average Bonchev–Trinajstić information content (AvgIpc) is 2.58. The molecule has 24 heavy (non-hydrogen) atoms. The van der Waals surface area contributed by atoms with Gasteiger partial charge in [0.05, 0.1) is 0 Å². The summed E-state index contributed by atoms with van der Waals surface area (Å²) in [5, 5.41) is 19.5. The fourth-order valence-corrected chi connectivity index (χ4v) is 2.44. The molecule has 0 saturated heterocycles. The van der Waals surface area contributed by atoms with Crippen molar-refractivity contribution in [2.24, 2.45) is 0 Å². The van der Waals surface area contributed by atoms with Gasteiger partial charge in [-0.2, -0.15) is 4.98 Å². The second-order valence-corrected chi connectivity index (χ2v) is 5.26. The first-order chi connectivity index (χ1) is 11.5. The van der Waals surface area contributed by atoms with E-state index in [4.69, 9.17) is 21.4 Å². The zero-order chi connectivity index (χ0) is 17.1. The summed E-state index contributed by atoms with van der Waals surface area (Å²) in [6.45, 7) is 0.379. The minimum absolute atomic E-state index is 0.00390. The van der Waals surface area contributed by atoms with Crippen LogP contribution in [0.15, 0.2) is 48.5 Å². The molecule has 122 valence electrons. The molecule has 0 aliphatic carbocycles. The first kappa shape index (κ1) is 15.9. The Bertz CT molecular complexity index is 898. The van der Waals surface area contributed by atoms with Crippen LogP contribution in [0.3, 0.4) is 0 Å². The molecule has 2 N–H and O–H groups in total. The Labute approximate surface area is 141 Å². The molecule has 3 rings (SSSR count). The largest absolute Gasteiger partial charge is 0.512 e. The van der Waals surface area contributed by atoms with Gasteiger partial charge in [0, 0.05) is 10.8 Å². The second-order valence-electron chi connectivity index (χ2n) is 4.91. The Hall–Kier alpha value is -2.99. The van der Waals surface area contributed by atoms with Crippen LogP contribution in [0.25, 0.3) is 10.8 Å². The predicted molar refractivity (Wildman–Crippen MR) is 87.8 cm³/mol. The van der Waals surface area contributed by atoms with Crippen LogP contribution in [-0.4, -0.2) is 21.4 Å². The Morgan fingerprint density at radius 3 is 2.58 bits per heavy atom. The number of halogens is 1. The minimum atomic E-state index is -1.59. The van der Waals surface area contributed by atoms with E-state index in [0.717, 1.165) is 5.56 Å². The summed E-state index contributed by atoms with van der Waals surface area (Å²) >= 11 is 6.06. The minimum Gasteiger partial charge on any atom is -0.503 e. The molecule has 6 nitrogen and oxygen atoms in total. The fourth-order valence-electron chi connectivity index (χ4n) is 2.20. The van der Waals surface area contributed by atoms with Gasteiger partial charge in [-0.15, -0.1) is 0 Å². The maximum Gasteiger partial charge on any atom is 0.512 e. The van der Waals surface area contributed by atoms with E-state index >= 15 is 0 Å². The van der Waals surface area contributed by atoms with Crippen LogP contribution >= 0.6 is 11.6 Å². The van der Waals surface area contributed by atoms with Gasteiger partial charge in [0.15, 0.2) is 5.75 Å². The number of aromatic nitrogens is 1. The number of benzene rings is 2. The molecule has 2 aromatic carbocycles. The fraction of sp³-hybridized carbons (Fsp3) is 0.0588. The van der Waals surface area contributed by atoms with Gasteiger partial charge in [0.2, 0.25) is 0 Å². The van der Waals surface area contributed by atoms with Crippen LogP contribution < -0.4 is 9.47 Å². The molecule has 0 amide bonds. The quantitative estimate of drug-likeness (QED) is 0.543.